The highest BCUT2D eigenvalue weighted by Crippen LogP contribution is 2.40. The van der Waals surface area contributed by atoms with E-state index in [4.69, 9.17) is 21.1 Å². The second-order valence-electron chi connectivity index (χ2n) is 10.1. The molecule has 2 aromatic rings. The summed E-state index contributed by atoms with van der Waals surface area (Å²) in [6, 6.07) is 11.4. The Bertz CT molecular complexity index is 1170. The van der Waals surface area contributed by atoms with Gasteiger partial charge in [-0.3, -0.25) is 19.4 Å². The molecule has 0 aromatic heterocycles. The number of carboxylic acid groups (broad SMARTS) is 1. The van der Waals surface area contributed by atoms with E-state index < -0.39 is 12.3 Å². The van der Waals surface area contributed by atoms with Gasteiger partial charge in [-0.2, -0.15) is 0 Å². The largest absolute Gasteiger partial charge is 0.506 e. The molecular formula is C28H33ClN2O6. The summed E-state index contributed by atoms with van der Waals surface area (Å²) in [4.78, 5) is 38.6. The quantitative estimate of drug-likeness (QED) is 0.342. The van der Waals surface area contributed by atoms with Gasteiger partial charge >= 0.3 is 6.16 Å². The fourth-order valence-corrected chi connectivity index (χ4v) is 5.50. The van der Waals surface area contributed by atoms with Gasteiger partial charge in [-0.1, -0.05) is 43.6 Å². The lowest BCUT2D eigenvalue weighted by atomic mass is 10.0. The topological polar surface area (TPSA) is 96.4 Å². The molecule has 0 spiro atoms. The number of rotatable bonds is 10. The number of hydrogen-bond donors (Lipinski definition) is 1. The summed E-state index contributed by atoms with van der Waals surface area (Å²) in [5.41, 5.74) is 4.05. The molecule has 1 saturated heterocycles. The Labute approximate surface area is 222 Å². The fourth-order valence-electron chi connectivity index (χ4n) is 5.31. The summed E-state index contributed by atoms with van der Waals surface area (Å²) >= 11 is 6.22. The molecule has 198 valence electrons. The molecule has 37 heavy (non-hydrogen) atoms. The van der Waals surface area contributed by atoms with Crippen molar-refractivity contribution in [1.29, 1.82) is 0 Å². The first-order chi connectivity index (χ1) is 17.6. The van der Waals surface area contributed by atoms with Crippen molar-refractivity contribution in [2.24, 2.45) is 5.92 Å². The van der Waals surface area contributed by atoms with Crippen LogP contribution in [-0.4, -0.2) is 58.7 Å². The first-order valence-electron chi connectivity index (χ1n) is 12.6. The number of ether oxygens (including phenoxy) is 2. The number of carbonyl (C=O) groups is 3. The first kappa shape index (κ1) is 26.9. The third-order valence-corrected chi connectivity index (χ3v) is 7.03. The zero-order valence-electron chi connectivity index (χ0n) is 21.4. The number of hydrogen-bond acceptors (Lipinski definition) is 6. The van der Waals surface area contributed by atoms with Crippen molar-refractivity contribution in [1.82, 2.24) is 9.80 Å². The number of amides is 2. The smallest absolute Gasteiger partial charge is 0.491 e. The van der Waals surface area contributed by atoms with Gasteiger partial charge in [0.25, 0.3) is 0 Å². The maximum absolute atomic E-state index is 11.8. The summed E-state index contributed by atoms with van der Waals surface area (Å²) < 4.78 is 11.2. The van der Waals surface area contributed by atoms with Crippen LogP contribution >= 0.6 is 11.6 Å². The summed E-state index contributed by atoms with van der Waals surface area (Å²) in [6.45, 7) is 8.07. The first-order valence-corrected chi connectivity index (χ1v) is 13.0. The SMILES string of the molecule is Cc1cc(CN(CC(C)C)C2c3ccc(Cl)cc3CC2OC(=O)O)ccc1OCCN1C(=O)CCC1=O. The lowest BCUT2D eigenvalue weighted by Crippen LogP contribution is -2.38. The third kappa shape index (κ3) is 6.43. The number of carbonyl (C=O) groups excluding carboxylic acids is 2. The summed E-state index contributed by atoms with van der Waals surface area (Å²) in [5.74, 6) is 0.756. The number of nitrogens with zero attached hydrogens (tertiary/aromatic N) is 2. The van der Waals surface area contributed by atoms with Crippen molar-refractivity contribution >= 4 is 29.6 Å². The molecule has 2 atom stereocenters. The molecule has 2 aromatic carbocycles. The molecule has 4 rings (SSSR count). The molecule has 2 aliphatic rings. The molecule has 0 radical (unpaired) electrons. The van der Waals surface area contributed by atoms with Crippen molar-refractivity contribution in [3.05, 3.63) is 63.7 Å². The predicted molar refractivity (Wildman–Crippen MR) is 139 cm³/mol. The van der Waals surface area contributed by atoms with Gasteiger partial charge in [0, 0.05) is 37.4 Å². The number of benzene rings is 2. The van der Waals surface area contributed by atoms with Crippen LogP contribution in [0.1, 0.15) is 55.0 Å². The van der Waals surface area contributed by atoms with Crippen LogP contribution < -0.4 is 4.74 Å². The standard InChI is InChI=1S/C28H33ClN2O6/c1-17(2)15-30(27-22-6-5-21(29)13-20(22)14-24(27)37-28(34)35)16-19-4-7-23(18(3)12-19)36-11-10-31-25(32)8-9-26(31)33/h4-7,12-13,17,24,27H,8-11,14-16H2,1-3H3,(H,34,35). The second-order valence-corrected chi connectivity index (χ2v) is 10.6. The molecule has 2 amide bonds. The number of aryl methyl sites for hydroxylation is 1. The molecule has 1 N–H and O–H groups in total. The van der Waals surface area contributed by atoms with Gasteiger partial charge in [-0.25, -0.2) is 4.79 Å². The van der Waals surface area contributed by atoms with E-state index in [2.05, 4.69) is 24.8 Å². The minimum absolute atomic E-state index is 0.146. The lowest BCUT2D eigenvalue weighted by molar-refractivity contribution is -0.138. The van der Waals surface area contributed by atoms with E-state index in [9.17, 15) is 19.5 Å². The highest BCUT2D eigenvalue weighted by molar-refractivity contribution is 6.30. The van der Waals surface area contributed by atoms with E-state index in [1.165, 1.54) is 4.90 Å². The monoisotopic (exact) mass is 528 g/mol. The number of halogens is 1. The van der Waals surface area contributed by atoms with E-state index in [1.807, 2.05) is 37.3 Å². The molecule has 0 saturated carbocycles. The Hall–Kier alpha value is -3.10. The Morgan fingerprint density at radius 3 is 2.54 bits per heavy atom. The molecule has 1 aliphatic heterocycles. The van der Waals surface area contributed by atoms with E-state index in [0.29, 0.717) is 29.7 Å². The van der Waals surface area contributed by atoms with Gasteiger partial charge < -0.3 is 14.6 Å². The molecule has 2 unspecified atom stereocenters. The Kier molecular flexibility index (Phi) is 8.39. The van der Waals surface area contributed by atoms with Crippen molar-refractivity contribution in [2.75, 3.05) is 19.7 Å². The zero-order chi connectivity index (χ0) is 26.7. The average Bonchev–Trinajstić information content (AvgIpc) is 3.32. The summed E-state index contributed by atoms with van der Waals surface area (Å²) in [7, 11) is 0. The summed E-state index contributed by atoms with van der Waals surface area (Å²) in [5, 5.41) is 10.0. The van der Waals surface area contributed by atoms with Gasteiger partial charge in [0.1, 0.15) is 18.5 Å². The predicted octanol–water partition coefficient (Wildman–Crippen LogP) is 4.99. The zero-order valence-corrected chi connectivity index (χ0v) is 22.2. The molecule has 8 nitrogen and oxygen atoms in total. The molecule has 0 bridgehead atoms. The minimum atomic E-state index is -1.28. The van der Waals surface area contributed by atoms with Crippen molar-refractivity contribution in [3.63, 3.8) is 0 Å². The summed E-state index contributed by atoms with van der Waals surface area (Å²) in [6.07, 6.45) is -0.778. The maximum Gasteiger partial charge on any atom is 0.506 e. The Morgan fingerprint density at radius 2 is 1.89 bits per heavy atom. The van der Waals surface area contributed by atoms with Gasteiger partial charge in [0.2, 0.25) is 11.8 Å². The van der Waals surface area contributed by atoms with Gasteiger partial charge in [-0.05, 0) is 53.3 Å². The molecule has 9 heteroatoms. The fraction of sp³-hybridized carbons (Fsp3) is 0.464. The normalized spacial score (nSPS) is 19.1. The highest BCUT2D eigenvalue weighted by Gasteiger charge is 2.39. The number of likely N-dealkylation sites (tertiary alicyclic amines) is 1. The van der Waals surface area contributed by atoms with E-state index in [0.717, 1.165) is 28.8 Å². The number of imide groups is 1. The van der Waals surface area contributed by atoms with Gasteiger partial charge in [0.05, 0.1) is 12.6 Å². The lowest BCUT2D eigenvalue weighted by Gasteiger charge is -2.34. The van der Waals surface area contributed by atoms with Crippen LogP contribution in [0.25, 0.3) is 0 Å². The van der Waals surface area contributed by atoms with Crippen LogP contribution in [0.3, 0.4) is 0 Å². The maximum atomic E-state index is 11.8. The van der Waals surface area contributed by atoms with Crippen molar-refractivity contribution in [3.8, 4) is 5.75 Å². The van der Waals surface area contributed by atoms with Crippen LogP contribution in [-0.2, 0) is 27.3 Å². The Morgan fingerprint density at radius 1 is 1.16 bits per heavy atom. The van der Waals surface area contributed by atoms with Crippen LogP contribution in [0.15, 0.2) is 36.4 Å². The molecular weight excluding hydrogens is 496 g/mol. The molecule has 1 aliphatic carbocycles. The minimum Gasteiger partial charge on any atom is -0.491 e. The molecule has 1 heterocycles. The van der Waals surface area contributed by atoms with Gasteiger partial charge in [-0.15, -0.1) is 0 Å². The van der Waals surface area contributed by atoms with Crippen LogP contribution in [0.5, 0.6) is 5.75 Å². The van der Waals surface area contributed by atoms with Crippen molar-refractivity contribution < 1.29 is 29.0 Å². The second kappa shape index (κ2) is 11.5. The van der Waals surface area contributed by atoms with Crippen LogP contribution in [0, 0.1) is 12.8 Å². The Balaban J connectivity index is 1.50. The highest BCUT2D eigenvalue weighted by atomic mass is 35.5. The number of fused-ring (bicyclic) bond motifs is 1. The van der Waals surface area contributed by atoms with Gasteiger partial charge in [0.15, 0.2) is 0 Å². The van der Waals surface area contributed by atoms with Crippen LogP contribution in [0.4, 0.5) is 4.79 Å². The third-order valence-electron chi connectivity index (χ3n) is 6.79. The van der Waals surface area contributed by atoms with Crippen LogP contribution in [0.2, 0.25) is 5.02 Å². The van der Waals surface area contributed by atoms with Crippen molar-refractivity contribution in [2.45, 2.75) is 58.7 Å². The average molecular weight is 529 g/mol. The van der Waals surface area contributed by atoms with E-state index >= 15 is 0 Å². The van der Waals surface area contributed by atoms with E-state index in [-0.39, 0.29) is 43.8 Å². The molecule has 1 fully saturated rings. The van der Waals surface area contributed by atoms with E-state index in [1.54, 1.807) is 0 Å².